The molecule has 0 radical (unpaired) electrons. The third kappa shape index (κ3) is 3.20. The van der Waals surface area contributed by atoms with Crippen molar-refractivity contribution in [2.24, 2.45) is 5.92 Å². The minimum Gasteiger partial charge on any atom is -0.325 e. The summed E-state index contributed by atoms with van der Waals surface area (Å²) in [7, 11) is 0. The van der Waals surface area contributed by atoms with Crippen LogP contribution in [0.3, 0.4) is 0 Å². The molecule has 6 heteroatoms. The van der Waals surface area contributed by atoms with E-state index in [1.807, 2.05) is 4.57 Å². The summed E-state index contributed by atoms with van der Waals surface area (Å²) < 4.78 is 2.82. The fourth-order valence-corrected chi connectivity index (χ4v) is 2.52. The van der Waals surface area contributed by atoms with Gasteiger partial charge in [-0.25, -0.2) is 15.0 Å². The molecule has 2 aromatic heterocycles. The van der Waals surface area contributed by atoms with Crippen LogP contribution in [0.2, 0.25) is 5.15 Å². The Balaban J connectivity index is 2.52. The first-order chi connectivity index (χ1) is 9.40. The Labute approximate surface area is 132 Å². The average Bonchev–Trinajstić information content (AvgIpc) is 2.83. The second kappa shape index (κ2) is 6.22. The van der Waals surface area contributed by atoms with E-state index in [1.165, 1.54) is 0 Å². The van der Waals surface area contributed by atoms with Crippen molar-refractivity contribution in [3.8, 4) is 11.5 Å². The highest BCUT2D eigenvalue weighted by Crippen LogP contribution is 2.29. The molecule has 0 spiro atoms. The van der Waals surface area contributed by atoms with Gasteiger partial charge in [0.1, 0.15) is 10.8 Å². The SMILES string of the molecule is CC(C)Cc1nc(-c2cncn2C(C)C)nc(Cl)c1Br. The molecule has 2 heterocycles. The quantitative estimate of drug-likeness (QED) is 0.755. The average molecular weight is 358 g/mol. The molecule has 4 nitrogen and oxygen atoms in total. The number of aromatic nitrogens is 4. The Morgan fingerprint density at radius 3 is 2.55 bits per heavy atom. The first-order valence-electron chi connectivity index (χ1n) is 6.64. The number of halogens is 2. The number of hydrogen-bond donors (Lipinski definition) is 0. The molecule has 0 saturated heterocycles. The standard InChI is InChI=1S/C14H18BrClN4/c1-8(2)5-10-12(15)13(16)19-14(18-10)11-6-17-7-20(11)9(3)4/h6-9H,5H2,1-4H3. The lowest BCUT2D eigenvalue weighted by molar-refractivity contribution is 0.601. The zero-order valence-corrected chi connectivity index (χ0v) is 14.4. The maximum atomic E-state index is 6.22. The molecular formula is C14H18BrClN4. The zero-order valence-electron chi connectivity index (χ0n) is 12.1. The van der Waals surface area contributed by atoms with Gasteiger partial charge in [-0.2, -0.15) is 0 Å². The largest absolute Gasteiger partial charge is 0.325 e. The highest BCUT2D eigenvalue weighted by molar-refractivity contribution is 9.10. The maximum Gasteiger partial charge on any atom is 0.179 e. The van der Waals surface area contributed by atoms with Crippen molar-refractivity contribution in [2.75, 3.05) is 0 Å². The second-order valence-corrected chi connectivity index (χ2v) is 6.63. The van der Waals surface area contributed by atoms with E-state index in [9.17, 15) is 0 Å². The molecule has 0 aromatic carbocycles. The molecule has 2 aromatic rings. The molecule has 0 saturated carbocycles. The Kier molecular flexibility index (Phi) is 4.81. The van der Waals surface area contributed by atoms with Crippen LogP contribution in [0.25, 0.3) is 11.5 Å². The number of rotatable bonds is 4. The third-order valence-electron chi connectivity index (χ3n) is 2.93. The van der Waals surface area contributed by atoms with Gasteiger partial charge in [0.25, 0.3) is 0 Å². The summed E-state index contributed by atoms with van der Waals surface area (Å²) in [4.78, 5) is 13.2. The van der Waals surface area contributed by atoms with Gasteiger partial charge in [0.05, 0.1) is 22.7 Å². The minimum atomic E-state index is 0.298. The zero-order chi connectivity index (χ0) is 14.9. The lowest BCUT2D eigenvalue weighted by Gasteiger charge is -2.13. The third-order valence-corrected chi connectivity index (χ3v) is 4.27. The van der Waals surface area contributed by atoms with E-state index in [1.54, 1.807) is 12.5 Å². The van der Waals surface area contributed by atoms with Crippen molar-refractivity contribution in [1.82, 2.24) is 19.5 Å². The van der Waals surface area contributed by atoms with Crippen LogP contribution < -0.4 is 0 Å². The normalized spacial score (nSPS) is 11.6. The molecule has 108 valence electrons. The predicted octanol–water partition coefficient (Wildman–Crippen LogP) is 4.54. The van der Waals surface area contributed by atoms with Crippen molar-refractivity contribution >= 4 is 27.5 Å². The molecule has 0 aliphatic rings. The van der Waals surface area contributed by atoms with Gasteiger partial charge in [-0.15, -0.1) is 0 Å². The van der Waals surface area contributed by atoms with Gasteiger partial charge < -0.3 is 4.57 Å². The predicted molar refractivity (Wildman–Crippen MR) is 84.9 cm³/mol. The van der Waals surface area contributed by atoms with Gasteiger partial charge in [-0.3, -0.25) is 0 Å². The van der Waals surface area contributed by atoms with Gasteiger partial charge in [-0.05, 0) is 42.1 Å². The van der Waals surface area contributed by atoms with Crippen LogP contribution in [0, 0.1) is 5.92 Å². The van der Waals surface area contributed by atoms with E-state index in [0.717, 1.165) is 22.3 Å². The molecule has 2 rings (SSSR count). The van der Waals surface area contributed by atoms with Crippen LogP contribution in [0.1, 0.15) is 39.4 Å². The van der Waals surface area contributed by atoms with Crippen molar-refractivity contribution in [3.05, 3.63) is 27.8 Å². The topological polar surface area (TPSA) is 43.6 Å². The van der Waals surface area contributed by atoms with Crippen molar-refractivity contribution in [3.63, 3.8) is 0 Å². The van der Waals surface area contributed by atoms with Crippen LogP contribution in [0.15, 0.2) is 17.0 Å². The smallest absolute Gasteiger partial charge is 0.179 e. The Morgan fingerprint density at radius 2 is 1.95 bits per heavy atom. The minimum absolute atomic E-state index is 0.298. The highest BCUT2D eigenvalue weighted by atomic mass is 79.9. The molecule has 0 atom stereocenters. The number of nitrogens with zero attached hydrogens (tertiary/aromatic N) is 4. The second-order valence-electron chi connectivity index (χ2n) is 5.48. The molecular weight excluding hydrogens is 340 g/mol. The Hall–Kier alpha value is -0.940. The fraction of sp³-hybridized carbons (Fsp3) is 0.500. The van der Waals surface area contributed by atoms with Crippen LogP contribution in [-0.4, -0.2) is 19.5 Å². The van der Waals surface area contributed by atoms with Crippen molar-refractivity contribution < 1.29 is 0 Å². The van der Waals surface area contributed by atoms with E-state index >= 15 is 0 Å². The lowest BCUT2D eigenvalue weighted by Crippen LogP contribution is -2.06. The van der Waals surface area contributed by atoms with E-state index in [-0.39, 0.29) is 0 Å². The van der Waals surface area contributed by atoms with Crippen molar-refractivity contribution in [2.45, 2.75) is 40.2 Å². The number of hydrogen-bond acceptors (Lipinski definition) is 3. The Morgan fingerprint density at radius 1 is 1.25 bits per heavy atom. The van der Waals surface area contributed by atoms with Gasteiger partial charge in [-0.1, -0.05) is 25.4 Å². The summed E-state index contributed by atoms with van der Waals surface area (Å²) in [6, 6.07) is 0.298. The summed E-state index contributed by atoms with van der Waals surface area (Å²) >= 11 is 9.70. The summed E-state index contributed by atoms with van der Waals surface area (Å²) in [6.45, 7) is 8.50. The lowest BCUT2D eigenvalue weighted by atomic mass is 10.1. The van der Waals surface area contributed by atoms with Crippen LogP contribution in [-0.2, 0) is 6.42 Å². The monoisotopic (exact) mass is 356 g/mol. The molecule has 0 amide bonds. The summed E-state index contributed by atoms with van der Waals surface area (Å²) in [5.74, 6) is 1.13. The van der Waals surface area contributed by atoms with Gasteiger partial charge >= 0.3 is 0 Å². The molecule has 20 heavy (non-hydrogen) atoms. The molecule has 0 aliphatic heterocycles. The van der Waals surface area contributed by atoms with E-state index in [4.69, 9.17) is 11.6 Å². The molecule has 0 fully saturated rings. The van der Waals surface area contributed by atoms with Gasteiger partial charge in [0.15, 0.2) is 5.82 Å². The molecule has 0 bridgehead atoms. The molecule has 0 aliphatic carbocycles. The summed E-state index contributed by atoms with van der Waals surface area (Å²) in [5, 5.41) is 0.446. The highest BCUT2D eigenvalue weighted by Gasteiger charge is 2.16. The fourth-order valence-electron chi connectivity index (χ4n) is 1.99. The first kappa shape index (κ1) is 15.4. The molecule has 0 unspecified atom stereocenters. The van der Waals surface area contributed by atoms with E-state index in [0.29, 0.717) is 22.9 Å². The van der Waals surface area contributed by atoms with Crippen molar-refractivity contribution in [1.29, 1.82) is 0 Å². The van der Waals surface area contributed by atoms with Crippen LogP contribution >= 0.6 is 27.5 Å². The number of imidazole rings is 1. The van der Waals surface area contributed by atoms with Crippen LogP contribution in [0.5, 0.6) is 0 Å². The van der Waals surface area contributed by atoms with Gasteiger partial charge in [0.2, 0.25) is 0 Å². The summed E-state index contributed by atoms with van der Waals surface area (Å²) in [6.07, 6.45) is 4.42. The van der Waals surface area contributed by atoms with E-state index < -0.39 is 0 Å². The van der Waals surface area contributed by atoms with Gasteiger partial charge in [0, 0.05) is 6.04 Å². The maximum absolute atomic E-state index is 6.22. The Bertz CT molecular complexity index is 607. The molecule has 0 N–H and O–H groups in total. The summed E-state index contributed by atoms with van der Waals surface area (Å²) in [5.41, 5.74) is 1.82. The van der Waals surface area contributed by atoms with E-state index in [2.05, 4.69) is 58.6 Å². The van der Waals surface area contributed by atoms with Crippen LogP contribution in [0.4, 0.5) is 0 Å². The first-order valence-corrected chi connectivity index (χ1v) is 7.81.